The Labute approximate surface area is 144 Å². The highest BCUT2D eigenvalue weighted by atomic mass is 16.3. The van der Waals surface area contributed by atoms with Crippen molar-refractivity contribution >= 4 is 43.1 Å². The number of phenolic OH excluding ortho intramolecular Hbond substituents is 2. The molecule has 2 nitrogen and oxygen atoms in total. The summed E-state index contributed by atoms with van der Waals surface area (Å²) in [6.45, 7) is 1.83. The molecule has 5 rings (SSSR count). The van der Waals surface area contributed by atoms with Crippen LogP contribution in [-0.2, 0) is 0 Å². The number of hydrogen-bond acceptors (Lipinski definition) is 2. The Balaban J connectivity index is 1.91. The van der Waals surface area contributed by atoms with Gasteiger partial charge in [0.2, 0.25) is 0 Å². The second-order valence-electron chi connectivity index (χ2n) is 6.69. The van der Waals surface area contributed by atoms with Crippen molar-refractivity contribution in [3.05, 3.63) is 72.3 Å². The lowest BCUT2D eigenvalue weighted by atomic mass is 9.96. The average Bonchev–Trinajstić information content (AvgIpc) is 2.62. The monoisotopic (exact) mass is 324 g/mol. The Morgan fingerprint density at radius 1 is 0.560 bits per heavy atom. The summed E-state index contributed by atoms with van der Waals surface area (Å²) in [5, 5.41) is 28.9. The third-order valence-electron chi connectivity index (χ3n) is 5.12. The van der Waals surface area contributed by atoms with Crippen LogP contribution in [0.2, 0.25) is 0 Å². The highest BCUT2D eigenvalue weighted by molar-refractivity contribution is 6.09. The zero-order valence-corrected chi connectivity index (χ0v) is 13.7. The summed E-state index contributed by atoms with van der Waals surface area (Å²) in [6.07, 6.45) is 0. The van der Waals surface area contributed by atoms with Crippen LogP contribution in [0.3, 0.4) is 0 Å². The van der Waals surface area contributed by atoms with Crippen LogP contribution < -0.4 is 0 Å². The number of aryl methyl sites for hydroxylation is 1. The van der Waals surface area contributed by atoms with E-state index in [1.807, 2.05) is 6.92 Å². The van der Waals surface area contributed by atoms with E-state index < -0.39 is 0 Å². The molecule has 0 aliphatic carbocycles. The molecule has 0 aromatic heterocycles. The van der Waals surface area contributed by atoms with Crippen molar-refractivity contribution in [2.45, 2.75) is 6.92 Å². The fraction of sp³-hybridized carbons (Fsp3) is 0.0435. The minimum absolute atomic E-state index is 0.0429. The van der Waals surface area contributed by atoms with Crippen LogP contribution in [0.4, 0.5) is 0 Å². The molecule has 25 heavy (non-hydrogen) atoms. The summed E-state index contributed by atoms with van der Waals surface area (Å²) in [5.41, 5.74) is 0.704. The zero-order valence-electron chi connectivity index (χ0n) is 13.7. The first kappa shape index (κ1) is 14.1. The predicted molar refractivity (Wildman–Crippen MR) is 105 cm³/mol. The van der Waals surface area contributed by atoms with E-state index in [-0.39, 0.29) is 11.5 Å². The van der Waals surface area contributed by atoms with Gasteiger partial charge >= 0.3 is 0 Å². The minimum atomic E-state index is -0.0730. The van der Waals surface area contributed by atoms with Crippen LogP contribution in [0, 0.1) is 6.92 Å². The molecule has 120 valence electrons. The van der Waals surface area contributed by atoms with Crippen LogP contribution in [0.1, 0.15) is 5.56 Å². The van der Waals surface area contributed by atoms with Crippen LogP contribution in [0.5, 0.6) is 11.5 Å². The van der Waals surface area contributed by atoms with Crippen molar-refractivity contribution in [2.75, 3.05) is 0 Å². The van der Waals surface area contributed by atoms with Crippen molar-refractivity contribution in [1.82, 2.24) is 0 Å². The Kier molecular flexibility index (Phi) is 2.75. The van der Waals surface area contributed by atoms with E-state index in [0.717, 1.165) is 21.5 Å². The molecule has 5 aromatic carbocycles. The predicted octanol–water partition coefficient (Wildman–Crippen LogP) is 6.02. The molecule has 0 saturated heterocycles. The van der Waals surface area contributed by atoms with Gasteiger partial charge in [0.05, 0.1) is 0 Å². The summed E-state index contributed by atoms with van der Waals surface area (Å²) in [5.74, 6) is -0.116. The van der Waals surface area contributed by atoms with Crippen molar-refractivity contribution in [1.29, 1.82) is 0 Å². The molecule has 0 aliphatic rings. The standard InChI is InChI=1S/C23H16O2/c1-13-21-11-19-9-17-7-15-5-3-2-4-14(15)6-16(17)8-18(19)10-20(21)12-22(24)23(13)25/h2-12,24-25H,1H3. The molecule has 0 atom stereocenters. The van der Waals surface area contributed by atoms with Gasteiger partial charge in [0, 0.05) is 5.56 Å². The largest absolute Gasteiger partial charge is 0.504 e. The van der Waals surface area contributed by atoms with Gasteiger partial charge in [-0.25, -0.2) is 0 Å². The van der Waals surface area contributed by atoms with Crippen molar-refractivity contribution < 1.29 is 10.2 Å². The Hall–Kier alpha value is -3.26. The van der Waals surface area contributed by atoms with Crippen LogP contribution >= 0.6 is 0 Å². The first-order valence-corrected chi connectivity index (χ1v) is 8.32. The maximum absolute atomic E-state index is 10.0. The van der Waals surface area contributed by atoms with Gasteiger partial charge in [-0.15, -0.1) is 0 Å². The smallest absolute Gasteiger partial charge is 0.161 e. The molecule has 0 aliphatic heterocycles. The summed E-state index contributed by atoms with van der Waals surface area (Å²) in [6, 6.07) is 23.0. The van der Waals surface area contributed by atoms with E-state index in [9.17, 15) is 10.2 Å². The molecule has 5 aromatic rings. The number of phenols is 2. The summed E-state index contributed by atoms with van der Waals surface area (Å²) in [7, 11) is 0. The third kappa shape index (κ3) is 2.04. The molecule has 0 unspecified atom stereocenters. The van der Waals surface area contributed by atoms with Gasteiger partial charge in [-0.3, -0.25) is 0 Å². The van der Waals surface area contributed by atoms with Gasteiger partial charge in [-0.1, -0.05) is 24.3 Å². The van der Waals surface area contributed by atoms with Gasteiger partial charge in [-0.2, -0.15) is 0 Å². The highest BCUT2D eigenvalue weighted by Gasteiger charge is 2.10. The molecule has 0 amide bonds. The second-order valence-corrected chi connectivity index (χ2v) is 6.69. The molecule has 0 spiro atoms. The van der Waals surface area contributed by atoms with Crippen LogP contribution in [0.25, 0.3) is 43.1 Å². The van der Waals surface area contributed by atoms with Crippen molar-refractivity contribution in [3.63, 3.8) is 0 Å². The lowest BCUT2D eigenvalue weighted by molar-refractivity contribution is 0.402. The maximum Gasteiger partial charge on any atom is 0.161 e. The molecular formula is C23H16O2. The van der Waals surface area contributed by atoms with Gasteiger partial charge < -0.3 is 10.2 Å². The first-order chi connectivity index (χ1) is 12.1. The van der Waals surface area contributed by atoms with Gasteiger partial charge in [0.1, 0.15) is 0 Å². The quantitative estimate of drug-likeness (QED) is 0.270. The molecule has 2 heteroatoms. The summed E-state index contributed by atoms with van der Waals surface area (Å²) >= 11 is 0. The Morgan fingerprint density at radius 2 is 1.04 bits per heavy atom. The second kappa shape index (κ2) is 4.87. The zero-order chi connectivity index (χ0) is 17.1. The van der Waals surface area contributed by atoms with Gasteiger partial charge in [-0.05, 0) is 92.5 Å². The molecular weight excluding hydrogens is 308 g/mol. The number of aromatic hydroxyl groups is 2. The maximum atomic E-state index is 10.0. The van der Waals surface area contributed by atoms with Crippen molar-refractivity contribution in [2.24, 2.45) is 0 Å². The molecule has 0 fully saturated rings. The summed E-state index contributed by atoms with van der Waals surface area (Å²) in [4.78, 5) is 0. The number of fused-ring (bicyclic) bond motifs is 4. The van der Waals surface area contributed by atoms with Crippen LogP contribution in [0.15, 0.2) is 66.7 Å². The van der Waals surface area contributed by atoms with Crippen molar-refractivity contribution in [3.8, 4) is 11.5 Å². The molecule has 2 N–H and O–H groups in total. The summed E-state index contributed by atoms with van der Waals surface area (Å²) < 4.78 is 0. The van der Waals surface area contributed by atoms with E-state index in [1.165, 1.54) is 21.5 Å². The topological polar surface area (TPSA) is 40.5 Å². The van der Waals surface area contributed by atoms with E-state index in [0.29, 0.717) is 5.56 Å². The molecule has 0 bridgehead atoms. The molecule has 0 radical (unpaired) electrons. The SMILES string of the molecule is Cc1c(O)c(O)cc2cc3cc4cc5ccccc5cc4cc3cc12. The number of rotatable bonds is 0. The van der Waals surface area contributed by atoms with Gasteiger partial charge in [0.15, 0.2) is 11.5 Å². The number of hydrogen-bond donors (Lipinski definition) is 2. The lowest BCUT2D eigenvalue weighted by Gasteiger charge is -2.10. The third-order valence-corrected chi connectivity index (χ3v) is 5.12. The molecule has 0 heterocycles. The number of benzene rings is 5. The Bertz CT molecular complexity index is 1320. The van der Waals surface area contributed by atoms with E-state index in [4.69, 9.17) is 0 Å². The fourth-order valence-corrected chi connectivity index (χ4v) is 3.74. The van der Waals surface area contributed by atoms with E-state index in [1.54, 1.807) is 6.07 Å². The first-order valence-electron chi connectivity index (χ1n) is 8.32. The lowest BCUT2D eigenvalue weighted by Crippen LogP contribution is -1.84. The minimum Gasteiger partial charge on any atom is -0.504 e. The van der Waals surface area contributed by atoms with E-state index >= 15 is 0 Å². The fourth-order valence-electron chi connectivity index (χ4n) is 3.74. The average molecular weight is 324 g/mol. The normalized spacial score (nSPS) is 11.7. The van der Waals surface area contributed by atoms with E-state index in [2.05, 4.69) is 60.7 Å². The highest BCUT2D eigenvalue weighted by Crippen LogP contribution is 2.38. The van der Waals surface area contributed by atoms with Gasteiger partial charge in [0.25, 0.3) is 0 Å². The van der Waals surface area contributed by atoms with Crippen LogP contribution in [-0.4, -0.2) is 10.2 Å². The molecule has 0 saturated carbocycles. The Morgan fingerprint density at radius 3 is 1.64 bits per heavy atom.